The van der Waals surface area contributed by atoms with Crippen molar-refractivity contribution in [1.29, 1.82) is 0 Å². The van der Waals surface area contributed by atoms with Crippen molar-refractivity contribution in [2.24, 2.45) is 0 Å². The highest BCUT2D eigenvalue weighted by Crippen LogP contribution is 2.53. The zero-order valence-corrected chi connectivity index (χ0v) is 12.8. The van der Waals surface area contributed by atoms with E-state index >= 15 is 0 Å². The van der Waals surface area contributed by atoms with E-state index in [1.807, 2.05) is 23.2 Å². The summed E-state index contributed by atoms with van der Waals surface area (Å²) in [7, 11) is 8.61. The van der Waals surface area contributed by atoms with Crippen molar-refractivity contribution in [3.05, 3.63) is 23.2 Å². The average molecular weight is 329 g/mol. The molecule has 0 aliphatic carbocycles. The van der Waals surface area contributed by atoms with Crippen LogP contribution in [-0.2, 0) is 0 Å². The third-order valence-corrected chi connectivity index (χ3v) is 11.6. The van der Waals surface area contributed by atoms with Crippen LogP contribution in [0.1, 0.15) is 0 Å². The first-order valence-electron chi connectivity index (χ1n) is 3.58. The molecule has 0 spiro atoms. The van der Waals surface area contributed by atoms with E-state index in [0.717, 1.165) is 8.68 Å². The Morgan fingerprint density at radius 2 is 1.33 bits per heavy atom. The van der Waals surface area contributed by atoms with Gasteiger partial charge in [0.1, 0.15) is 0 Å². The molecule has 80 valence electrons. The molecule has 15 heavy (non-hydrogen) atoms. The smallest absolute Gasteiger partial charge is 0.161 e. The van der Waals surface area contributed by atoms with Crippen LogP contribution in [0.15, 0.2) is 31.8 Å². The zero-order valence-electron chi connectivity index (χ0n) is 7.06. The van der Waals surface area contributed by atoms with Gasteiger partial charge in [-0.25, -0.2) is 9.97 Å². The maximum absolute atomic E-state index is 4.18. The predicted molar refractivity (Wildman–Crippen MR) is 78.7 cm³/mol. The van der Waals surface area contributed by atoms with Gasteiger partial charge >= 0.3 is 0 Å². The van der Waals surface area contributed by atoms with E-state index in [1.54, 1.807) is 73.7 Å². The number of rotatable bonds is 6. The third-order valence-electron chi connectivity index (χ3n) is 1.09. The van der Waals surface area contributed by atoms with Gasteiger partial charge in [-0.2, -0.15) is 0 Å². The maximum Gasteiger partial charge on any atom is 0.161 e. The molecule has 2 aromatic rings. The molecule has 0 aliphatic heterocycles. The van der Waals surface area contributed by atoms with E-state index in [1.165, 1.54) is 0 Å². The molecule has 0 unspecified atom stereocenters. The molecule has 0 radical (unpaired) electrons. The van der Waals surface area contributed by atoms with Crippen molar-refractivity contribution in [3.63, 3.8) is 0 Å². The SMILES string of the molecule is c1csc(SSSSSc2nccs2)n1. The molecule has 0 bridgehead atoms. The van der Waals surface area contributed by atoms with Crippen LogP contribution in [0.4, 0.5) is 0 Å². The Morgan fingerprint density at radius 1 is 0.800 bits per heavy atom. The Bertz CT molecular complexity index is 322. The summed E-state index contributed by atoms with van der Waals surface area (Å²) in [5.74, 6) is 0. The van der Waals surface area contributed by atoms with Crippen LogP contribution in [0.2, 0.25) is 0 Å². The highest BCUT2D eigenvalue weighted by molar-refractivity contribution is 9.35. The lowest BCUT2D eigenvalue weighted by atomic mass is 11.0. The molecule has 9 heteroatoms. The number of nitrogens with zero attached hydrogens (tertiary/aromatic N) is 2. The molecule has 2 rings (SSSR count). The molecule has 2 heterocycles. The quantitative estimate of drug-likeness (QED) is 0.521. The van der Waals surface area contributed by atoms with Crippen LogP contribution >= 0.6 is 73.7 Å². The van der Waals surface area contributed by atoms with Crippen molar-refractivity contribution in [2.45, 2.75) is 8.68 Å². The van der Waals surface area contributed by atoms with Crippen molar-refractivity contribution in [2.75, 3.05) is 0 Å². The molecule has 0 atom stereocenters. The summed E-state index contributed by atoms with van der Waals surface area (Å²) < 4.78 is 2.21. The standard InChI is InChI=1S/C6H4N2S7/c1-3-9-5(7-1)11-13-15-14-12-6-8-2-4-10-6/h1-4H. The average Bonchev–Trinajstić information content (AvgIpc) is 2.88. The van der Waals surface area contributed by atoms with Gasteiger partial charge in [0.05, 0.1) is 0 Å². The third kappa shape index (κ3) is 4.80. The van der Waals surface area contributed by atoms with E-state index in [9.17, 15) is 0 Å². The second-order valence-corrected chi connectivity index (χ2v) is 11.7. The molecule has 0 aromatic carbocycles. The predicted octanol–water partition coefficient (Wildman–Crippen LogP) is 5.34. The van der Waals surface area contributed by atoms with Crippen LogP contribution in [0.3, 0.4) is 0 Å². The van der Waals surface area contributed by atoms with Crippen LogP contribution in [0.25, 0.3) is 0 Å². The van der Waals surface area contributed by atoms with Crippen molar-refractivity contribution < 1.29 is 0 Å². The molecule has 2 aromatic heterocycles. The van der Waals surface area contributed by atoms with Crippen LogP contribution in [0, 0.1) is 0 Å². The normalized spacial score (nSPS) is 10.7. The van der Waals surface area contributed by atoms with Crippen LogP contribution in [0.5, 0.6) is 0 Å². The molecule has 0 saturated carbocycles. The summed E-state index contributed by atoms with van der Waals surface area (Å²) in [6.07, 6.45) is 3.66. The monoisotopic (exact) mass is 328 g/mol. The molecular formula is C6H4N2S7. The minimum absolute atomic E-state index is 1.10. The molecule has 2 nitrogen and oxygen atoms in total. The van der Waals surface area contributed by atoms with Gasteiger partial charge < -0.3 is 0 Å². The zero-order chi connectivity index (χ0) is 10.3. The number of hydrogen-bond donors (Lipinski definition) is 0. The topological polar surface area (TPSA) is 25.8 Å². The molecular weight excluding hydrogens is 325 g/mol. The highest BCUT2D eigenvalue weighted by atomic mass is 33.8. The lowest BCUT2D eigenvalue weighted by Gasteiger charge is -1.94. The maximum atomic E-state index is 4.18. The number of aromatic nitrogens is 2. The van der Waals surface area contributed by atoms with Gasteiger partial charge in [-0.3, -0.25) is 0 Å². The van der Waals surface area contributed by atoms with Gasteiger partial charge in [-0.1, -0.05) is 0 Å². The number of hydrogen-bond acceptors (Lipinski definition) is 9. The summed E-state index contributed by atoms with van der Waals surface area (Å²) in [5, 5.41) is 3.98. The Labute approximate surface area is 114 Å². The fraction of sp³-hybridized carbons (Fsp3) is 0. The number of thiazole rings is 2. The Hall–Kier alpha value is 1.01. The summed E-state index contributed by atoms with van der Waals surface area (Å²) >= 11 is 3.34. The minimum Gasteiger partial charge on any atom is -0.237 e. The molecule has 0 aliphatic rings. The Kier molecular flexibility index (Phi) is 6.12. The highest BCUT2D eigenvalue weighted by Gasteiger charge is 2.00. The first-order valence-corrected chi connectivity index (χ1v) is 11.5. The minimum atomic E-state index is 1.10. The summed E-state index contributed by atoms with van der Waals surface area (Å²) in [6.45, 7) is 0. The Balaban J connectivity index is 1.56. The van der Waals surface area contributed by atoms with Crippen molar-refractivity contribution in [1.82, 2.24) is 9.97 Å². The lowest BCUT2D eigenvalue weighted by Crippen LogP contribution is -1.57. The van der Waals surface area contributed by atoms with Crippen LogP contribution in [-0.4, -0.2) is 9.97 Å². The first-order chi connectivity index (χ1) is 7.45. The second-order valence-electron chi connectivity index (χ2n) is 1.97. The summed E-state index contributed by atoms with van der Waals surface area (Å²) in [6, 6.07) is 0. The fourth-order valence-corrected chi connectivity index (χ4v) is 11.1. The van der Waals surface area contributed by atoms with E-state index in [4.69, 9.17) is 0 Å². The van der Waals surface area contributed by atoms with Gasteiger partial charge in [0.15, 0.2) is 8.68 Å². The largest absolute Gasteiger partial charge is 0.237 e. The molecule has 0 N–H and O–H groups in total. The molecule has 0 saturated heterocycles. The van der Waals surface area contributed by atoms with E-state index in [2.05, 4.69) is 9.97 Å². The van der Waals surface area contributed by atoms with Gasteiger partial charge in [0.2, 0.25) is 0 Å². The lowest BCUT2D eigenvalue weighted by molar-refractivity contribution is 1.26. The van der Waals surface area contributed by atoms with E-state index in [-0.39, 0.29) is 0 Å². The second kappa shape index (κ2) is 7.36. The summed E-state index contributed by atoms with van der Waals surface area (Å²) in [5.41, 5.74) is 0. The Morgan fingerprint density at radius 3 is 1.73 bits per heavy atom. The van der Waals surface area contributed by atoms with Gasteiger partial charge in [0.25, 0.3) is 0 Å². The van der Waals surface area contributed by atoms with Crippen molar-refractivity contribution in [3.8, 4) is 0 Å². The molecule has 0 amide bonds. The molecule has 0 fully saturated rings. The summed E-state index contributed by atoms with van der Waals surface area (Å²) in [4.78, 5) is 8.37. The van der Waals surface area contributed by atoms with E-state index in [0.29, 0.717) is 0 Å². The van der Waals surface area contributed by atoms with Crippen LogP contribution < -0.4 is 0 Å². The van der Waals surface area contributed by atoms with Crippen molar-refractivity contribution >= 4 is 73.7 Å². The van der Waals surface area contributed by atoms with E-state index < -0.39 is 0 Å². The van der Waals surface area contributed by atoms with Gasteiger partial charge in [-0.05, 0) is 51.1 Å². The fourth-order valence-electron chi connectivity index (χ4n) is 0.600. The van der Waals surface area contributed by atoms with Gasteiger partial charge in [0, 0.05) is 23.2 Å². The first kappa shape index (κ1) is 12.5. The van der Waals surface area contributed by atoms with Gasteiger partial charge in [-0.15, -0.1) is 22.7 Å².